The minimum atomic E-state index is -0.143. The van der Waals surface area contributed by atoms with Gasteiger partial charge in [0, 0.05) is 45.4 Å². The summed E-state index contributed by atoms with van der Waals surface area (Å²) >= 11 is 0. The van der Waals surface area contributed by atoms with Gasteiger partial charge in [0.15, 0.2) is 0 Å². The third kappa shape index (κ3) is 6.40. The second-order valence-electron chi connectivity index (χ2n) is 13.1. The molecule has 39 heavy (non-hydrogen) atoms. The van der Waals surface area contributed by atoms with Crippen molar-refractivity contribution in [3.05, 3.63) is 54.2 Å². The molecule has 5 nitrogen and oxygen atoms in total. The highest BCUT2D eigenvalue weighted by atomic mass is 16.2. The van der Waals surface area contributed by atoms with Crippen molar-refractivity contribution in [2.75, 3.05) is 5.32 Å². The number of aromatic amines is 1. The molecule has 2 atom stereocenters. The van der Waals surface area contributed by atoms with Gasteiger partial charge >= 0.3 is 0 Å². The van der Waals surface area contributed by atoms with E-state index in [1.54, 1.807) is 0 Å². The predicted octanol–water partition coefficient (Wildman–Crippen LogP) is 8.32. The van der Waals surface area contributed by atoms with Crippen molar-refractivity contribution in [3.63, 3.8) is 0 Å². The van der Waals surface area contributed by atoms with Gasteiger partial charge in [0.05, 0.1) is 0 Å². The molecule has 5 rings (SSSR count). The van der Waals surface area contributed by atoms with Crippen LogP contribution in [-0.2, 0) is 4.79 Å². The smallest absolute Gasteiger partial charge is 0.251 e. The van der Waals surface area contributed by atoms with Crippen LogP contribution in [0.1, 0.15) is 95.8 Å². The van der Waals surface area contributed by atoms with Gasteiger partial charge in [-0.15, -0.1) is 0 Å². The monoisotopic (exact) mass is 527 g/mol. The van der Waals surface area contributed by atoms with E-state index < -0.39 is 0 Å². The Labute approximate surface area is 233 Å². The number of H-pyrrole nitrogens is 1. The summed E-state index contributed by atoms with van der Waals surface area (Å²) in [7, 11) is 0. The van der Waals surface area contributed by atoms with Gasteiger partial charge in [-0.05, 0) is 92.2 Å². The van der Waals surface area contributed by atoms with Crippen LogP contribution in [0, 0.1) is 23.7 Å². The SMILES string of the molecule is CC(C)CC1(NC(=O)c2ccc3[nH]cc(-c4ccc(NC(=O)C5CCCCC5)cc4)c3c2)CC(C)CC(C)C1. The lowest BCUT2D eigenvalue weighted by molar-refractivity contribution is -0.120. The van der Waals surface area contributed by atoms with Crippen LogP contribution in [0.2, 0.25) is 0 Å². The third-order valence-corrected chi connectivity index (χ3v) is 8.84. The molecule has 0 bridgehead atoms. The maximum absolute atomic E-state index is 13.6. The molecule has 3 N–H and O–H groups in total. The molecule has 2 aliphatic carbocycles. The Morgan fingerprint density at radius 2 is 1.67 bits per heavy atom. The largest absolute Gasteiger partial charge is 0.361 e. The summed E-state index contributed by atoms with van der Waals surface area (Å²) in [5.41, 5.74) is 4.51. The van der Waals surface area contributed by atoms with Crippen molar-refractivity contribution >= 4 is 28.4 Å². The lowest BCUT2D eigenvalue weighted by atomic mass is 9.68. The molecule has 2 fully saturated rings. The quantitative estimate of drug-likeness (QED) is 0.289. The lowest BCUT2D eigenvalue weighted by Crippen LogP contribution is -2.53. The summed E-state index contributed by atoms with van der Waals surface area (Å²) in [6, 6.07) is 14.0. The summed E-state index contributed by atoms with van der Waals surface area (Å²) in [6.45, 7) is 9.15. The molecule has 0 spiro atoms. The Balaban J connectivity index is 1.34. The van der Waals surface area contributed by atoms with Gasteiger partial charge < -0.3 is 15.6 Å². The van der Waals surface area contributed by atoms with E-state index in [2.05, 4.69) is 43.3 Å². The number of rotatable bonds is 7. The fraction of sp³-hybridized carbons (Fsp3) is 0.529. The second kappa shape index (κ2) is 11.6. The standard InChI is InChI=1S/C34H45N3O2/c1-22(2)18-34(19-23(3)16-24(4)20-34)37-33(39)27-12-15-31-29(17-27)30(21-35-31)25-10-13-28(14-11-25)36-32(38)26-8-6-5-7-9-26/h10-15,17,21-24,26,35H,5-9,16,18-20H2,1-4H3,(H,36,38)(H,37,39). The zero-order valence-corrected chi connectivity index (χ0v) is 24.1. The Kier molecular flexibility index (Phi) is 8.16. The topological polar surface area (TPSA) is 74.0 Å². The van der Waals surface area contributed by atoms with Crippen LogP contribution in [-0.4, -0.2) is 22.3 Å². The second-order valence-corrected chi connectivity index (χ2v) is 13.1. The third-order valence-electron chi connectivity index (χ3n) is 8.84. The fourth-order valence-electron chi connectivity index (χ4n) is 7.53. The highest BCUT2D eigenvalue weighted by Gasteiger charge is 2.39. The molecule has 2 aromatic carbocycles. The van der Waals surface area contributed by atoms with E-state index in [0.717, 1.165) is 72.7 Å². The summed E-state index contributed by atoms with van der Waals surface area (Å²) in [5, 5.41) is 7.66. The maximum Gasteiger partial charge on any atom is 0.251 e. The summed E-state index contributed by atoms with van der Waals surface area (Å²) in [4.78, 5) is 29.7. The number of carbonyl (C=O) groups excluding carboxylic acids is 2. The molecule has 3 aromatic rings. The molecular weight excluding hydrogens is 482 g/mol. The molecule has 1 heterocycles. The minimum absolute atomic E-state index is 0.0202. The van der Waals surface area contributed by atoms with Gasteiger partial charge in [0.2, 0.25) is 5.91 Å². The zero-order valence-electron chi connectivity index (χ0n) is 24.1. The van der Waals surface area contributed by atoms with E-state index in [0.29, 0.717) is 23.3 Å². The van der Waals surface area contributed by atoms with Gasteiger partial charge in [-0.1, -0.05) is 59.1 Å². The molecule has 208 valence electrons. The van der Waals surface area contributed by atoms with Crippen molar-refractivity contribution in [2.24, 2.45) is 23.7 Å². The number of aromatic nitrogens is 1. The predicted molar refractivity (Wildman–Crippen MR) is 161 cm³/mol. The van der Waals surface area contributed by atoms with E-state index >= 15 is 0 Å². The molecular formula is C34H45N3O2. The minimum Gasteiger partial charge on any atom is -0.361 e. The van der Waals surface area contributed by atoms with Crippen molar-refractivity contribution in [3.8, 4) is 11.1 Å². The Morgan fingerprint density at radius 3 is 2.33 bits per heavy atom. The van der Waals surface area contributed by atoms with E-state index in [1.807, 2.05) is 48.7 Å². The van der Waals surface area contributed by atoms with Gasteiger partial charge in [0.1, 0.15) is 0 Å². The first-order chi connectivity index (χ1) is 18.7. The first-order valence-electron chi connectivity index (χ1n) is 15.1. The number of hydrogen-bond acceptors (Lipinski definition) is 2. The van der Waals surface area contributed by atoms with Gasteiger partial charge in [0.25, 0.3) is 5.91 Å². The molecule has 2 unspecified atom stereocenters. The van der Waals surface area contributed by atoms with Gasteiger partial charge in [-0.25, -0.2) is 0 Å². The zero-order chi connectivity index (χ0) is 27.6. The first kappa shape index (κ1) is 27.5. The van der Waals surface area contributed by atoms with E-state index in [9.17, 15) is 9.59 Å². The molecule has 2 amide bonds. The molecule has 2 aliphatic rings. The van der Waals surface area contributed by atoms with Crippen molar-refractivity contribution in [2.45, 2.75) is 91.0 Å². The number of hydrogen-bond donors (Lipinski definition) is 3. The van der Waals surface area contributed by atoms with Crippen LogP contribution in [0.5, 0.6) is 0 Å². The normalized spacial score (nSPS) is 24.1. The van der Waals surface area contributed by atoms with Crippen molar-refractivity contribution in [1.29, 1.82) is 0 Å². The molecule has 5 heteroatoms. The number of nitrogens with one attached hydrogen (secondary N) is 3. The van der Waals surface area contributed by atoms with Crippen LogP contribution >= 0.6 is 0 Å². The lowest BCUT2D eigenvalue weighted by Gasteiger charge is -2.44. The maximum atomic E-state index is 13.6. The first-order valence-corrected chi connectivity index (χ1v) is 15.1. The van der Waals surface area contributed by atoms with Crippen LogP contribution < -0.4 is 10.6 Å². The summed E-state index contributed by atoms with van der Waals surface area (Å²) < 4.78 is 0. The van der Waals surface area contributed by atoms with Crippen molar-refractivity contribution < 1.29 is 9.59 Å². The molecule has 1 aromatic heterocycles. The highest BCUT2D eigenvalue weighted by molar-refractivity contribution is 6.03. The summed E-state index contributed by atoms with van der Waals surface area (Å²) in [5.74, 6) is 2.05. The van der Waals surface area contributed by atoms with Crippen LogP contribution in [0.15, 0.2) is 48.7 Å². The van der Waals surface area contributed by atoms with Crippen LogP contribution in [0.3, 0.4) is 0 Å². The molecule has 0 radical (unpaired) electrons. The Morgan fingerprint density at radius 1 is 0.974 bits per heavy atom. The molecule has 2 saturated carbocycles. The average Bonchev–Trinajstić information content (AvgIpc) is 3.31. The van der Waals surface area contributed by atoms with Gasteiger partial charge in [-0.2, -0.15) is 0 Å². The highest BCUT2D eigenvalue weighted by Crippen LogP contribution is 2.40. The Bertz CT molecular complexity index is 1280. The summed E-state index contributed by atoms with van der Waals surface area (Å²) in [6.07, 6.45) is 11.9. The number of anilines is 1. The van der Waals surface area contributed by atoms with Gasteiger partial charge in [-0.3, -0.25) is 9.59 Å². The van der Waals surface area contributed by atoms with Crippen LogP contribution in [0.4, 0.5) is 5.69 Å². The molecule has 0 saturated heterocycles. The van der Waals surface area contributed by atoms with Crippen LogP contribution in [0.25, 0.3) is 22.0 Å². The average molecular weight is 528 g/mol. The fourth-order valence-corrected chi connectivity index (χ4v) is 7.53. The number of benzene rings is 2. The number of fused-ring (bicyclic) bond motifs is 1. The van der Waals surface area contributed by atoms with E-state index in [1.165, 1.54) is 12.8 Å². The molecule has 0 aliphatic heterocycles. The van der Waals surface area contributed by atoms with E-state index in [-0.39, 0.29) is 23.3 Å². The Hall–Kier alpha value is -3.08. The van der Waals surface area contributed by atoms with E-state index in [4.69, 9.17) is 0 Å². The number of carbonyl (C=O) groups is 2. The van der Waals surface area contributed by atoms with Crippen molar-refractivity contribution in [1.82, 2.24) is 10.3 Å². The number of amides is 2.